The fourth-order valence-corrected chi connectivity index (χ4v) is 2.37. The first kappa shape index (κ1) is 14.3. The Kier molecular flexibility index (Phi) is 4.77. The van der Waals surface area contributed by atoms with E-state index in [4.69, 9.17) is 16.3 Å². The van der Waals surface area contributed by atoms with Crippen LogP contribution in [0, 0.1) is 5.82 Å². The normalized spacial score (nSPS) is 23.4. The number of carbonyl (C=O) groups is 1. The Labute approximate surface area is 117 Å². The van der Waals surface area contributed by atoms with E-state index in [1.54, 1.807) is 17.0 Å². The topological polar surface area (TPSA) is 29.5 Å². The molecule has 3 nitrogen and oxygen atoms in total. The van der Waals surface area contributed by atoms with Gasteiger partial charge in [-0.1, -0.05) is 12.1 Å². The van der Waals surface area contributed by atoms with Crippen LogP contribution in [0.15, 0.2) is 24.3 Å². The monoisotopic (exact) mass is 285 g/mol. The van der Waals surface area contributed by atoms with E-state index in [0.717, 1.165) is 0 Å². The number of rotatable bonds is 3. The molecule has 5 heteroatoms. The maximum Gasteiger partial charge on any atom is 0.227 e. The number of benzene rings is 1. The molecule has 1 aliphatic rings. The predicted octanol–water partition coefficient (Wildman–Crippen LogP) is 2.22. The number of morpholine rings is 1. The lowest BCUT2D eigenvalue weighted by molar-refractivity contribution is -0.142. The van der Waals surface area contributed by atoms with E-state index in [1.165, 1.54) is 12.1 Å². The molecule has 2 unspecified atom stereocenters. The lowest BCUT2D eigenvalue weighted by atomic mass is 10.1. The van der Waals surface area contributed by atoms with E-state index in [9.17, 15) is 9.18 Å². The summed E-state index contributed by atoms with van der Waals surface area (Å²) < 4.78 is 18.6. The van der Waals surface area contributed by atoms with Crippen molar-refractivity contribution < 1.29 is 13.9 Å². The standard InChI is InChI=1S/C14H17ClFNO2/c1-10-9-19-13(7-15)8-17(10)14(18)6-11-3-2-4-12(16)5-11/h2-5,10,13H,6-9H2,1H3. The number of carbonyl (C=O) groups excluding carboxylic acids is 1. The Balaban J connectivity index is 2.02. The fourth-order valence-electron chi connectivity index (χ4n) is 2.18. The Morgan fingerprint density at radius 3 is 3.05 bits per heavy atom. The number of amides is 1. The van der Waals surface area contributed by atoms with Crippen molar-refractivity contribution in [3.8, 4) is 0 Å². The summed E-state index contributed by atoms with van der Waals surface area (Å²) in [5.74, 6) is 0.0340. The van der Waals surface area contributed by atoms with Crippen LogP contribution in [-0.4, -0.2) is 42.0 Å². The van der Waals surface area contributed by atoms with Crippen LogP contribution < -0.4 is 0 Å². The van der Waals surface area contributed by atoms with Gasteiger partial charge in [0.15, 0.2) is 0 Å². The number of alkyl halides is 1. The van der Waals surface area contributed by atoms with Gasteiger partial charge in [0.05, 0.1) is 31.1 Å². The van der Waals surface area contributed by atoms with Crippen LogP contribution in [0.1, 0.15) is 12.5 Å². The van der Waals surface area contributed by atoms with E-state index in [-0.39, 0.29) is 30.3 Å². The molecule has 0 aliphatic carbocycles. The summed E-state index contributed by atoms with van der Waals surface area (Å²) in [5.41, 5.74) is 0.686. The molecule has 1 aromatic carbocycles. The number of ether oxygens (including phenoxy) is 1. The smallest absolute Gasteiger partial charge is 0.227 e. The molecule has 1 saturated heterocycles. The SMILES string of the molecule is CC1COC(CCl)CN1C(=O)Cc1cccc(F)c1. The molecule has 0 spiro atoms. The highest BCUT2D eigenvalue weighted by molar-refractivity contribution is 6.18. The van der Waals surface area contributed by atoms with Crippen molar-refractivity contribution in [3.05, 3.63) is 35.6 Å². The molecule has 0 aromatic heterocycles. The molecular weight excluding hydrogens is 269 g/mol. The van der Waals surface area contributed by atoms with Crippen molar-refractivity contribution in [2.24, 2.45) is 0 Å². The molecule has 1 aromatic rings. The molecule has 2 atom stereocenters. The van der Waals surface area contributed by atoms with E-state index >= 15 is 0 Å². The molecular formula is C14H17ClFNO2. The van der Waals surface area contributed by atoms with E-state index < -0.39 is 0 Å². The first-order valence-electron chi connectivity index (χ1n) is 6.31. The van der Waals surface area contributed by atoms with Crippen LogP contribution in [0.5, 0.6) is 0 Å². The number of hydrogen-bond donors (Lipinski definition) is 0. The molecule has 1 fully saturated rings. The second-order valence-electron chi connectivity index (χ2n) is 4.81. The van der Waals surface area contributed by atoms with E-state index in [0.29, 0.717) is 24.6 Å². The predicted molar refractivity (Wildman–Crippen MR) is 71.7 cm³/mol. The molecule has 104 valence electrons. The van der Waals surface area contributed by atoms with Gasteiger partial charge < -0.3 is 9.64 Å². The molecule has 0 bridgehead atoms. The van der Waals surface area contributed by atoms with Gasteiger partial charge >= 0.3 is 0 Å². The molecule has 2 rings (SSSR count). The van der Waals surface area contributed by atoms with Gasteiger partial charge in [0.25, 0.3) is 0 Å². The quantitative estimate of drug-likeness (QED) is 0.797. The second-order valence-corrected chi connectivity index (χ2v) is 5.12. The zero-order chi connectivity index (χ0) is 13.8. The third kappa shape index (κ3) is 3.67. The zero-order valence-electron chi connectivity index (χ0n) is 10.8. The zero-order valence-corrected chi connectivity index (χ0v) is 11.6. The summed E-state index contributed by atoms with van der Waals surface area (Å²) >= 11 is 5.77. The lowest BCUT2D eigenvalue weighted by Crippen LogP contribution is -2.52. The van der Waals surface area contributed by atoms with Crippen molar-refractivity contribution >= 4 is 17.5 Å². The van der Waals surface area contributed by atoms with Crippen LogP contribution in [-0.2, 0) is 16.0 Å². The van der Waals surface area contributed by atoms with Crippen molar-refractivity contribution in [1.29, 1.82) is 0 Å². The molecule has 19 heavy (non-hydrogen) atoms. The maximum atomic E-state index is 13.1. The average molecular weight is 286 g/mol. The van der Waals surface area contributed by atoms with Gasteiger partial charge in [0.2, 0.25) is 5.91 Å². The van der Waals surface area contributed by atoms with Crippen LogP contribution >= 0.6 is 11.6 Å². The minimum atomic E-state index is -0.320. The average Bonchev–Trinajstić information content (AvgIpc) is 2.39. The summed E-state index contributed by atoms with van der Waals surface area (Å²) in [6.45, 7) is 2.93. The molecule has 1 heterocycles. The van der Waals surface area contributed by atoms with Crippen LogP contribution in [0.2, 0.25) is 0 Å². The van der Waals surface area contributed by atoms with Gasteiger partial charge in [-0.3, -0.25) is 4.79 Å². The van der Waals surface area contributed by atoms with Crippen molar-refractivity contribution in [2.75, 3.05) is 19.0 Å². The maximum absolute atomic E-state index is 13.1. The van der Waals surface area contributed by atoms with Crippen LogP contribution in [0.25, 0.3) is 0 Å². The Bertz CT molecular complexity index is 455. The Hall–Kier alpha value is -1.13. The summed E-state index contributed by atoms with van der Waals surface area (Å²) in [6.07, 6.45) is 0.0891. The fraction of sp³-hybridized carbons (Fsp3) is 0.500. The minimum absolute atomic E-state index is 0.0171. The summed E-state index contributed by atoms with van der Waals surface area (Å²) in [7, 11) is 0. The highest BCUT2D eigenvalue weighted by Crippen LogP contribution is 2.15. The molecule has 0 saturated carbocycles. The van der Waals surface area contributed by atoms with E-state index in [1.807, 2.05) is 6.92 Å². The lowest BCUT2D eigenvalue weighted by Gasteiger charge is -2.37. The van der Waals surface area contributed by atoms with Gasteiger partial charge in [-0.2, -0.15) is 0 Å². The summed E-state index contributed by atoms with van der Waals surface area (Å²) in [5, 5.41) is 0. The first-order chi connectivity index (χ1) is 9.10. The molecule has 0 radical (unpaired) electrons. The number of hydrogen-bond acceptors (Lipinski definition) is 2. The number of halogens is 2. The summed E-state index contributed by atoms with van der Waals surface area (Å²) in [6, 6.07) is 6.16. The Morgan fingerprint density at radius 1 is 1.58 bits per heavy atom. The van der Waals surface area contributed by atoms with Crippen molar-refractivity contribution in [2.45, 2.75) is 25.5 Å². The van der Waals surface area contributed by atoms with Crippen molar-refractivity contribution in [1.82, 2.24) is 4.90 Å². The van der Waals surface area contributed by atoms with Gasteiger partial charge in [-0.05, 0) is 24.6 Å². The highest BCUT2D eigenvalue weighted by atomic mass is 35.5. The van der Waals surface area contributed by atoms with E-state index in [2.05, 4.69) is 0 Å². The van der Waals surface area contributed by atoms with Gasteiger partial charge in [-0.15, -0.1) is 11.6 Å². The number of nitrogens with zero attached hydrogens (tertiary/aromatic N) is 1. The van der Waals surface area contributed by atoms with Crippen LogP contribution in [0.3, 0.4) is 0 Å². The van der Waals surface area contributed by atoms with Gasteiger partial charge in [0.1, 0.15) is 5.82 Å². The molecule has 0 N–H and O–H groups in total. The third-order valence-electron chi connectivity index (χ3n) is 3.24. The molecule has 1 amide bonds. The minimum Gasteiger partial charge on any atom is -0.373 e. The molecule has 1 aliphatic heterocycles. The van der Waals surface area contributed by atoms with Crippen LogP contribution in [0.4, 0.5) is 4.39 Å². The Morgan fingerprint density at radius 2 is 2.37 bits per heavy atom. The van der Waals surface area contributed by atoms with Gasteiger partial charge in [-0.25, -0.2) is 4.39 Å². The largest absolute Gasteiger partial charge is 0.373 e. The van der Waals surface area contributed by atoms with Gasteiger partial charge in [0, 0.05) is 6.54 Å². The highest BCUT2D eigenvalue weighted by Gasteiger charge is 2.28. The summed E-state index contributed by atoms with van der Waals surface area (Å²) in [4.78, 5) is 14.0. The first-order valence-corrected chi connectivity index (χ1v) is 6.85. The van der Waals surface area contributed by atoms with Crippen molar-refractivity contribution in [3.63, 3.8) is 0 Å². The third-order valence-corrected chi connectivity index (χ3v) is 3.59. The second kappa shape index (κ2) is 6.35.